The molecule has 0 bridgehead atoms. The summed E-state index contributed by atoms with van der Waals surface area (Å²) in [6, 6.07) is 8.11. The molecule has 31 heavy (non-hydrogen) atoms. The molecular formula is C22H25FN4O3S. The van der Waals surface area contributed by atoms with Gasteiger partial charge >= 0.3 is 0 Å². The smallest absolute Gasteiger partial charge is 0.232 e. The van der Waals surface area contributed by atoms with Crippen LogP contribution in [-0.2, 0) is 14.8 Å². The van der Waals surface area contributed by atoms with Crippen LogP contribution >= 0.6 is 0 Å². The molecule has 9 heteroatoms. The fourth-order valence-electron chi connectivity index (χ4n) is 4.09. The summed E-state index contributed by atoms with van der Waals surface area (Å²) in [6.07, 6.45) is 7.75. The Morgan fingerprint density at radius 3 is 2.68 bits per heavy atom. The maximum absolute atomic E-state index is 14.7. The van der Waals surface area contributed by atoms with E-state index in [1.165, 1.54) is 25.5 Å². The van der Waals surface area contributed by atoms with Gasteiger partial charge in [0.15, 0.2) is 0 Å². The summed E-state index contributed by atoms with van der Waals surface area (Å²) in [7, 11) is -3.58. The van der Waals surface area contributed by atoms with Crippen LogP contribution in [0.1, 0.15) is 39.0 Å². The van der Waals surface area contributed by atoms with Crippen molar-refractivity contribution >= 4 is 39.0 Å². The van der Waals surface area contributed by atoms with Crippen molar-refractivity contribution < 1.29 is 17.6 Å². The second kappa shape index (κ2) is 8.66. The lowest BCUT2D eigenvalue weighted by atomic mass is 9.94. The lowest BCUT2D eigenvalue weighted by molar-refractivity contribution is -0.108. The van der Waals surface area contributed by atoms with Crippen molar-refractivity contribution in [1.82, 2.24) is 9.97 Å². The standard InChI is InChI=1S/C22H25FN4O3S/c1-2-31(29,30)26-20-9-8-15(12-19(20)23)18-13-21(25-22-17(18)10-11-24-22)27(14-28)16-6-4-3-5-7-16/h8-14,16,26H,2-7H2,1H3,(H,24,25). The predicted molar refractivity (Wildman–Crippen MR) is 120 cm³/mol. The zero-order valence-corrected chi connectivity index (χ0v) is 18.1. The number of H-pyrrole nitrogens is 1. The third kappa shape index (κ3) is 4.41. The normalized spacial score (nSPS) is 15.2. The van der Waals surface area contributed by atoms with E-state index in [0.717, 1.165) is 37.5 Å². The quantitative estimate of drug-likeness (QED) is 0.527. The van der Waals surface area contributed by atoms with Crippen molar-refractivity contribution in [3.05, 3.63) is 42.3 Å². The molecule has 3 aromatic rings. The Labute approximate surface area is 180 Å². The van der Waals surface area contributed by atoms with E-state index in [2.05, 4.69) is 14.7 Å². The highest BCUT2D eigenvalue weighted by atomic mass is 32.2. The number of amides is 1. The summed E-state index contributed by atoms with van der Waals surface area (Å²) in [5.74, 6) is -0.298. The second-order valence-electron chi connectivity index (χ2n) is 7.77. The minimum absolute atomic E-state index is 0.0954. The van der Waals surface area contributed by atoms with Crippen molar-refractivity contribution in [2.75, 3.05) is 15.4 Å². The van der Waals surface area contributed by atoms with Gasteiger partial charge in [-0.05, 0) is 55.2 Å². The Morgan fingerprint density at radius 2 is 2.00 bits per heavy atom. The number of anilines is 2. The van der Waals surface area contributed by atoms with Gasteiger partial charge in [-0.1, -0.05) is 25.3 Å². The molecule has 0 unspecified atom stereocenters. The molecule has 2 heterocycles. The molecule has 1 fully saturated rings. The van der Waals surface area contributed by atoms with Crippen molar-refractivity contribution in [3.8, 4) is 11.1 Å². The molecule has 164 valence electrons. The number of halogens is 1. The molecule has 1 aliphatic carbocycles. The highest BCUT2D eigenvalue weighted by Crippen LogP contribution is 2.34. The van der Waals surface area contributed by atoms with Crippen LogP contribution in [0, 0.1) is 5.82 Å². The first-order valence-corrected chi connectivity index (χ1v) is 12.1. The van der Waals surface area contributed by atoms with Crippen molar-refractivity contribution in [1.29, 1.82) is 0 Å². The fraction of sp³-hybridized carbons (Fsp3) is 0.364. The molecular weight excluding hydrogens is 419 g/mol. The maximum Gasteiger partial charge on any atom is 0.232 e. The van der Waals surface area contributed by atoms with E-state index in [0.29, 0.717) is 22.6 Å². The lowest BCUT2D eigenvalue weighted by Crippen LogP contribution is -2.36. The molecule has 1 aliphatic rings. The molecule has 1 amide bonds. The average molecular weight is 445 g/mol. The minimum Gasteiger partial charge on any atom is -0.346 e. The molecule has 1 aromatic carbocycles. The second-order valence-corrected chi connectivity index (χ2v) is 9.78. The Morgan fingerprint density at radius 1 is 1.23 bits per heavy atom. The lowest BCUT2D eigenvalue weighted by Gasteiger charge is -2.30. The van der Waals surface area contributed by atoms with Crippen LogP contribution in [-0.4, -0.2) is 36.6 Å². The van der Waals surface area contributed by atoms with Gasteiger partial charge in [0.2, 0.25) is 16.4 Å². The molecule has 0 aliphatic heterocycles. The van der Waals surface area contributed by atoms with E-state index in [1.54, 1.807) is 23.2 Å². The largest absolute Gasteiger partial charge is 0.346 e. The van der Waals surface area contributed by atoms with Crippen LogP contribution in [0.25, 0.3) is 22.2 Å². The topological polar surface area (TPSA) is 95.2 Å². The zero-order valence-electron chi connectivity index (χ0n) is 17.3. The minimum atomic E-state index is -3.58. The monoisotopic (exact) mass is 444 g/mol. The van der Waals surface area contributed by atoms with Gasteiger partial charge in [0.1, 0.15) is 17.3 Å². The van der Waals surface area contributed by atoms with Crippen LogP contribution in [0.2, 0.25) is 0 Å². The molecule has 2 N–H and O–H groups in total. The molecule has 0 saturated heterocycles. The first-order chi connectivity index (χ1) is 14.9. The summed E-state index contributed by atoms with van der Waals surface area (Å²) >= 11 is 0. The number of carbonyl (C=O) groups excluding carboxylic acids is 1. The Bertz CT molecular complexity index is 1200. The number of benzene rings is 1. The zero-order chi connectivity index (χ0) is 22.0. The number of pyridine rings is 1. The Kier molecular flexibility index (Phi) is 5.95. The van der Waals surface area contributed by atoms with Crippen molar-refractivity contribution in [2.24, 2.45) is 0 Å². The van der Waals surface area contributed by atoms with Gasteiger partial charge in [-0.2, -0.15) is 0 Å². The van der Waals surface area contributed by atoms with Gasteiger partial charge in [-0.15, -0.1) is 0 Å². The summed E-state index contributed by atoms with van der Waals surface area (Å²) < 4.78 is 40.6. The molecule has 7 nitrogen and oxygen atoms in total. The third-order valence-corrected chi connectivity index (χ3v) is 7.08. The van der Waals surface area contributed by atoms with Gasteiger partial charge in [0.05, 0.1) is 11.4 Å². The molecule has 0 atom stereocenters. The third-order valence-electron chi connectivity index (χ3n) is 5.79. The average Bonchev–Trinajstić information content (AvgIpc) is 3.25. The van der Waals surface area contributed by atoms with Crippen LogP contribution in [0.15, 0.2) is 36.5 Å². The highest BCUT2D eigenvalue weighted by molar-refractivity contribution is 7.92. The van der Waals surface area contributed by atoms with E-state index in [1.807, 2.05) is 6.07 Å². The van der Waals surface area contributed by atoms with Gasteiger partial charge in [0.25, 0.3) is 0 Å². The van der Waals surface area contributed by atoms with Gasteiger partial charge in [0, 0.05) is 17.6 Å². The number of sulfonamides is 1. The predicted octanol–water partition coefficient (Wildman–Crippen LogP) is 4.43. The first kappa shape index (κ1) is 21.3. The van der Waals surface area contributed by atoms with Crippen LogP contribution in [0.3, 0.4) is 0 Å². The molecule has 4 rings (SSSR count). The number of aromatic nitrogens is 2. The molecule has 1 saturated carbocycles. The molecule has 0 radical (unpaired) electrons. The number of nitrogens with one attached hydrogen (secondary N) is 2. The number of nitrogens with zero attached hydrogens (tertiary/aromatic N) is 2. The summed E-state index contributed by atoms with van der Waals surface area (Å²) in [5, 5.41) is 0.791. The van der Waals surface area contributed by atoms with Crippen LogP contribution in [0.5, 0.6) is 0 Å². The molecule has 0 spiro atoms. The van der Waals surface area contributed by atoms with E-state index in [4.69, 9.17) is 0 Å². The number of aromatic amines is 1. The van der Waals surface area contributed by atoms with Crippen molar-refractivity contribution in [3.63, 3.8) is 0 Å². The maximum atomic E-state index is 14.7. The molecule has 2 aromatic heterocycles. The van der Waals surface area contributed by atoms with E-state index >= 15 is 0 Å². The van der Waals surface area contributed by atoms with Gasteiger partial charge in [-0.25, -0.2) is 17.8 Å². The number of hydrogen-bond donors (Lipinski definition) is 2. The van der Waals surface area contributed by atoms with Gasteiger partial charge < -0.3 is 4.98 Å². The number of rotatable bonds is 7. The Hall–Kier alpha value is -2.94. The van der Waals surface area contributed by atoms with Gasteiger partial charge in [-0.3, -0.25) is 14.4 Å². The number of carbonyl (C=O) groups is 1. The Balaban J connectivity index is 1.76. The van der Waals surface area contributed by atoms with E-state index in [9.17, 15) is 17.6 Å². The SMILES string of the molecule is CCS(=O)(=O)Nc1ccc(-c2cc(N(C=O)C3CCCCC3)nc3[nH]ccc23)cc1F. The summed E-state index contributed by atoms with van der Waals surface area (Å²) in [4.78, 5) is 21.3. The number of fused-ring (bicyclic) bond motifs is 1. The first-order valence-electron chi connectivity index (χ1n) is 10.4. The summed E-state index contributed by atoms with van der Waals surface area (Å²) in [6.45, 7) is 1.49. The van der Waals surface area contributed by atoms with Crippen LogP contribution in [0.4, 0.5) is 15.9 Å². The highest BCUT2D eigenvalue weighted by Gasteiger charge is 2.24. The summed E-state index contributed by atoms with van der Waals surface area (Å²) in [5.41, 5.74) is 1.79. The van der Waals surface area contributed by atoms with E-state index in [-0.39, 0.29) is 17.5 Å². The van der Waals surface area contributed by atoms with E-state index < -0.39 is 15.8 Å². The fourth-order valence-corrected chi connectivity index (χ4v) is 4.73. The van der Waals surface area contributed by atoms with Crippen molar-refractivity contribution in [2.45, 2.75) is 45.1 Å². The van der Waals surface area contributed by atoms with Crippen LogP contribution < -0.4 is 9.62 Å². The number of hydrogen-bond acceptors (Lipinski definition) is 4.